The molecule has 0 saturated carbocycles. The van der Waals surface area contributed by atoms with E-state index in [2.05, 4.69) is 0 Å². The van der Waals surface area contributed by atoms with E-state index in [9.17, 15) is 4.79 Å². The van der Waals surface area contributed by atoms with Crippen molar-refractivity contribution in [3.8, 4) is 0 Å². The van der Waals surface area contributed by atoms with E-state index in [1.54, 1.807) is 12.2 Å². The third kappa shape index (κ3) is 5.31. The van der Waals surface area contributed by atoms with Crippen molar-refractivity contribution >= 4 is 17.9 Å². The average molecular weight is 145 g/mol. The highest BCUT2D eigenvalue weighted by Crippen LogP contribution is 1.98. The van der Waals surface area contributed by atoms with E-state index in [4.69, 9.17) is 11.6 Å². The maximum atomic E-state index is 9.89. The lowest BCUT2D eigenvalue weighted by molar-refractivity contribution is -0.104. The zero-order valence-corrected chi connectivity index (χ0v) is 6.27. The van der Waals surface area contributed by atoms with Gasteiger partial charge >= 0.3 is 0 Å². The molecule has 0 aromatic rings. The molecule has 1 nitrogen and oxygen atoms in total. The second kappa shape index (κ2) is 4.33. The van der Waals surface area contributed by atoms with Crippen LogP contribution < -0.4 is 0 Å². The molecule has 2 heteroatoms. The Kier molecular flexibility index (Phi) is 4.06. The Hall–Kier alpha value is -0.560. The van der Waals surface area contributed by atoms with Gasteiger partial charge in [-0.25, -0.2) is 0 Å². The van der Waals surface area contributed by atoms with Crippen LogP contribution in [0.4, 0.5) is 0 Å². The quantitative estimate of drug-likeness (QED) is 0.330. The van der Waals surface area contributed by atoms with Gasteiger partial charge in [-0.15, -0.1) is 0 Å². The summed E-state index contributed by atoms with van der Waals surface area (Å²) in [5, 5.41) is 0.233. The second-order valence-electron chi connectivity index (χ2n) is 1.91. The number of hydrogen-bond acceptors (Lipinski definition) is 1. The molecule has 0 amide bonds. The van der Waals surface area contributed by atoms with Gasteiger partial charge in [0, 0.05) is 0 Å². The van der Waals surface area contributed by atoms with Crippen LogP contribution in [0.1, 0.15) is 13.8 Å². The first-order valence-corrected chi connectivity index (χ1v) is 3.00. The standard InChI is InChI=1S/C7H9ClO/c1-6(2)3-4-7(8)5-9/h3-5H,1-2H3. The van der Waals surface area contributed by atoms with Gasteiger partial charge in [0.2, 0.25) is 0 Å². The zero-order valence-electron chi connectivity index (χ0n) is 5.52. The number of carbonyl (C=O) groups excluding carboxylic acids is 1. The Morgan fingerprint density at radius 1 is 1.33 bits per heavy atom. The molecule has 0 aromatic heterocycles. The molecule has 0 aliphatic rings. The molecule has 0 unspecified atom stereocenters. The topological polar surface area (TPSA) is 17.1 Å². The fourth-order valence-electron chi connectivity index (χ4n) is 0.286. The van der Waals surface area contributed by atoms with Crippen molar-refractivity contribution in [3.05, 3.63) is 22.8 Å². The monoisotopic (exact) mass is 144 g/mol. The summed E-state index contributed by atoms with van der Waals surface area (Å²) in [5.74, 6) is 0. The van der Waals surface area contributed by atoms with Gasteiger partial charge in [0.25, 0.3) is 0 Å². The molecule has 0 N–H and O–H groups in total. The normalized spacial score (nSPS) is 10.8. The van der Waals surface area contributed by atoms with E-state index in [1.165, 1.54) is 0 Å². The molecule has 0 aliphatic heterocycles. The first kappa shape index (κ1) is 8.44. The highest BCUT2D eigenvalue weighted by atomic mass is 35.5. The van der Waals surface area contributed by atoms with E-state index < -0.39 is 0 Å². The molecule has 50 valence electrons. The van der Waals surface area contributed by atoms with Crippen molar-refractivity contribution in [1.29, 1.82) is 0 Å². The van der Waals surface area contributed by atoms with Crippen molar-refractivity contribution < 1.29 is 4.79 Å². The molecule has 0 radical (unpaired) electrons. The van der Waals surface area contributed by atoms with Crippen molar-refractivity contribution in [2.24, 2.45) is 0 Å². The van der Waals surface area contributed by atoms with Crippen molar-refractivity contribution in [1.82, 2.24) is 0 Å². The van der Waals surface area contributed by atoms with Gasteiger partial charge in [0.05, 0.1) is 5.03 Å². The molecule has 0 aliphatic carbocycles. The number of allylic oxidation sites excluding steroid dienone is 4. The van der Waals surface area contributed by atoms with Crippen LogP contribution in [0.15, 0.2) is 22.8 Å². The summed E-state index contributed by atoms with van der Waals surface area (Å²) in [6.07, 6.45) is 3.97. The predicted octanol–water partition coefficient (Wildman–Crippen LogP) is 2.27. The Morgan fingerprint density at radius 2 is 1.89 bits per heavy atom. The minimum Gasteiger partial charge on any atom is -0.297 e. The highest BCUT2D eigenvalue weighted by molar-refractivity contribution is 6.38. The van der Waals surface area contributed by atoms with Gasteiger partial charge in [0.15, 0.2) is 6.29 Å². The smallest absolute Gasteiger partial charge is 0.161 e. The summed E-state index contributed by atoms with van der Waals surface area (Å²) in [7, 11) is 0. The van der Waals surface area contributed by atoms with Crippen LogP contribution >= 0.6 is 11.6 Å². The molecule has 9 heavy (non-hydrogen) atoms. The van der Waals surface area contributed by atoms with E-state index in [1.807, 2.05) is 13.8 Å². The number of hydrogen-bond donors (Lipinski definition) is 0. The molecule has 0 rings (SSSR count). The predicted molar refractivity (Wildman–Crippen MR) is 39.4 cm³/mol. The molecule has 0 heterocycles. The molecular formula is C7H9ClO. The Morgan fingerprint density at radius 3 is 2.22 bits per heavy atom. The molecule has 0 aromatic carbocycles. The minimum atomic E-state index is 0.233. The van der Waals surface area contributed by atoms with E-state index in [0.29, 0.717) is 6.29 Å². The molecular weight excluding hydrogens is 136 g/mol. The average Bonchev–Trinajstić information content (AvgIpc) is 1.83. The third-order valence-corrected chi connectivity index (χ3v) is 0.904. The maximum absolute atomic E-state index is 9.89. The van der Waals surface area contributed by atoms with Gasteiger partial charge in [-0.05, 0) is 19.9 Å². The van der Waals surface area contributed by atoms with Gasteiger partial charge < -0.3 is 0 Å². The molecule has 0 bridgehead atoms. The van der Waals surface area contributed by atoms with Crippen LogP contribution in [0.5, 0.6) is 0 Å². The zero-order chi connectivity index (χ0) is 7.28. The van der Waals surface area contributed by atoms with Gasteiger partial charge in [-0.1, -0.05) is 23.3 Å². The SMILES string of the molecule is CC(C)=CC=C(Cl)C=O. The lowest BCUT2D eigenvalue weighted by Crippen LogP contribution is -1.69. The summed E-state index contributed by atoms with van der Waals surface area (Å²) in [4.78, 5) is 9.89. The van der Waals surface area contributed by atoms with Crippen LogP contribution in [0.3, 0.4) is 0 Å². The second-order valence-corrected chi connectivity index (χ2v) is 2.35. The fourth-order valence-corrected chi connectivity index (χ4v) is 0.349. The largest absolute Gasteiger partial charge is 0.297 e. The molecule has 0 spiro atoms. The first-order chi connectivity index (χ1) is 4.16. The Bertz CT molecular complexity index is 152. The van der Waals surface area contributed by atoms with Crippen molar-refractivity contribution in [3.63, 3.8) is 0 Å². The van der Waals surface area contributed by atoms with Gasteiger partial charge in [-0.3, -0.25) is 4.79 Å². The number of aldehydes is 1. The van der Waals surface area contributed by atoms with Gasteiger partial charge in [-0.2, -0.15) is 0 Å². The summed E-state index contributed by atoms with van der Waals surface area (Å²) in [6, 6.07) is 0. The molecule has 0 atom stereocenters. The number of carbonyl (C=O) groups is 1. The maximum Gasteiger partial charge on any atom is 0.161 e. The summed E-state index contributed by atoms with van der Waals surface area (Å²) in [6.45, 7) is 3.87. The number of rotatable bonds is 2. The highest BCUT2D eigenvalue weighted by Gasteiger charge is 1.81. The number of halogens is 1. The van der Waals surface area contributed by atoms with Crippen LogP contribution in [-0.4, -0.2) is 6.29 Å². The third-order valence-electron chi connectivity index (χ3n) is 0.688. The van der Waals surface area contributed by atoms with Crippen molar-refractivity contribution in [2.45, 2.75) is 13.8 Å². The van der Waals surface area contributed by atoms with E-state index >= 15 is 0 Å². The fraction of sp³-hybridized carbons (Fsp3) is 0.286. The summed E-state index contributed by atoms with van der Waals surface area (Å²) < 4.78 is 0. The summed E-state index contributed by atoms with van der Waals surface area (Å²) in [5.41, 5.74) is 1.12. The first-order valence-electron chi connectivity index (χ1n) is 2.62. The Labute approximate surface area is 60.0 Å². The van der Waals surface area contributed by atoms with Crippen LogP contribution in [-0.2, 0) is 4.79 Å². The van der Waals surface area contributed by atoms with E-state index in [-0.39, 0.29) is 5.03 Å². The lowest BCUT2D eigenvalue weighted by atomic mass is 10.3. The van der Waals surface area contributed by atoms with Crippen molar-refractivity contribution in [2.75, 3.05) is 0 Å². The van der Waals surface area contributed by atoms with E-state index in [0.717, 1.165) is 5.57 Å². The molecule has 0 fully saturated rings. The van der Waals surface area contributed by atoms with Crippen LogP contribution in [0.2, 0.25) is 0 Å². The molecule has 0 saturated heterocycles. The van der Waals surface area contributed by atoms with Crippen LogP contribution in [0, 0.1) is 0 Å². The van der Waals surface area contributed by atoms with Crippen LogP contribution in [0.25, 0.3) is 0 Å². The minimum absolute atomic E-state index is 0.233. The lowest BCUT2D eigenvalue weighted by Gasteiger charge is -1.81. The summed E-state index contributed by atoms with van der Waals surface area (Å²) >= 11 is 5.36. The Balaban J connectivity index is 3.98. The van der Waals surface area contributed by atoms with Gasteiger partial charge in [0.1, 0.15) is 0 Å².